The van der Waals surface area contributed by atoms with Crippen LogP contribution in [0.25, 0.3) is 0 Å². The summed E-state index contributed by atoms with van der Waals surface area (Å²) in [6.07, 6.45) is -1.09. The predicted molar refractivity (Wildman–Crippen MR) is 70.6 cm³/mol. The van der Waals surface area contributed by atoms with E-state index in [0.29, 0.717) is 0 Å². The molecule has 0 aliphatic rings. The SMILES string of the molecule is CC(C)(C)[C@H](N)C[C@@H](O)c1c(F)cccc1F.Cl. The summed E-state index contributed by atoms with van der Waals surface area (Å²) in [5, 5.41) is 9.86. The Bertz CT molecular complexity index is 373. The molecule has 2 nitrogen and oxygen atoms in total. The van der Waals surface area contributed by atoms with E-state index in [1.807, 2.05) is 20.8 Å². The van der Waals surface area contributed by atoms with Crippen LogP contribution in [0, 0.1) is 17.0 Å². The Kier molecular flexibility index (Phi) is 6.20. The minimum absolute atomic E-state index is 0. The fourth-order valence-electron chi connectivity index (χ4n) is 1.54. The van der Waals surface area contributed by atoms with Crippen LogP contribution in [0.3, 0.4) is 0 Å². The molecule has 0 spiro atoms. The van der Waals surface area contributed by atoms with Crippen molar-refractivity contribution in [3.63, 3.8) is 0 Å². The van der Waals surface area contributed by atoms with Crippen LogP contribution >= 0.6 is 12.4 Å². The second-order valence-corrected chi connectivity index (χ2v) is 5.36. The standard InChI is InChI=1S/C13H19F2NO.ClH/c1-13(2,3)11(16)7-10(17)12-8(14)5-4-6-9(12)15;/h4-6,10-11,17H,7,16H2,1-3H3;1H/t10-,11-;/m1./s1. The lowest BCUT2D eigenvalue weighted by Gasteiger charge is -2.29. The monoisotopic (exact) mass is 279 g/mol. The van der Waals surface area contributed by atoms with Crippen molar-refractivity contribution in [3.05, 3.63) is 35.4 Å². The number of nitrogens with two attached hydrogens (primary N) is 1. The number of hydrogen-bond acceptors (Lipinski definition) is 2. The normalized spacial score (nSPS) is 14.8. The third-order valence-electron chi connectivity index (χ3n) is 2.92. The van der Waals surface area contributed by atoms with E-state index in [1.165, 1.54) is 6.07 Å². The summed E-state index contributed by atoms with van der Waals surface area (Å²) >= 11 is 0. The van der Waals surface area contributed by atoms with Gasteiger partial charge in [-0.2, -0.15) is 0 Å². The van der Waals surface area contributed by atoms with Gasteiger partial charge in [0.2, 0.25) is 0 Å². The molecule has 2 atom stereocenters. The van der Waals surface area contributed by atoms with Crippen LogP contribution in [0.2, 0.25) is 0 Å². The van der Waals surface area contributed by atoms with Gasteiger partial charge < -0.3 is 10.8 Å². The first kappa shape index (κ1) is 17.3. The molecule has 0 fully saturated rings. The van der Waals surface area contributed by atoms with Gasteiger partial charge in [-0.1, -0.05) is 26.8 Å². The number of halogens is 3. The van der Waals surface area contributed by atoms with E-state index in [4.69, 9.17) is 5.73 Å². The third-order valence-corrected chi connectivity index (χ3v) is 2.92. The van der Waals surface area contributed by atoms with Crippen molar-refractivity contribution in [2.75, 3.05) is 0 Å². The maximum absolute atomic E-state index is 13.4. The molecule has 0 bridgehead atoms. The van der Waals surface area contributed by atoms with E-state index in [9.17, 15) is 13.9 Å². The third kappa shape index (κ3) is 4.19. The van der Waals surface area contributed by atoms with E-state index in [1.54, 1.807) is 0 Å². The summed E-state index contributed by atoms with van der Waals surface area (Å²) in [5.74, 6) is -1.47. The summed E-state index contributed by atoms with van der Waals surface area (Å²) in [6.45, 7) is 5.76. The molecule has 3 N–H and O–H groups in total. The Morgan fingerprint density at radius 1 is 1.22 bits per heavy atom. The van der Waals surface area contributed by atoms with Gasteiger partial charge in [-0.15, -0.1) is 12.4 Å². The highest BCUT2D eigenvalue weighted by Gasteiger charge is 2.26. The highest BCUT2D eigenvalue weighted by atomic mass is 35.5. The highest BCUT2D eigenvalue weighted by Crippen LogP contribution is 2.29. The van der Waals surface area contributed by atoms with Gasteiger partial charge in [-0.05, 0) is 24.0 Å². The number of aliphatic hydroxyl groups is 1. The molecule has 0 saturated carbocycles. The van der Waals surface area contributed by atoms with E-state index in [-0.39, 0.29) is 35.8 Å². The second-order valence-electron chi connectivity index (χ2n) is 5.36. The zero-order valence-corrected chi connectivity index (χ0v) is 11.6. The van der Waals surface area contributed by atoms with Gasteiger partial charge in [-0.3, -0.25) is 0 Å². The molecule has 104 valence electrons. The van der Waals surface area contributed by atoms with Gasteiger partial charge in [0, 0.05) is 6.04 Å². The lowest BCUT2D eigenvalue weighted by molar-refractivity contribution is 0.126. The van der Waals surface area contributed by atoms with Gasteiger partial charge in [0.1, 0.15) is 11.6 Å². The smallest absolute Gasteiger partial charge is 0.131 e. The molecule has 0 aliphatic carbocycles. The van der Waals surface area contributed by atoms with Crippen LogP contribution in [0.1, 0.15) is 38.9 Å². The molecular formula is C13H20ClF2NO. The first-order valence-corrected chi connectivity index (χ1v) is 5.61. The molecular weight excluding hydrogens is 260 g/mol. The van der Waals surface area contributed by atoms with E-state index in [0.717, 1.165) is 12.1 Å². The second kappa shape index (κ2) is 6.45. The molecule has 1 rings (SSSR count). The molecule has 0 amide bonds. The van der Waals surface area contributed by atoms with Crippen LogP contribution < -0.4 is 5.73 Å². The molecule has 5 heteroatoms. The Balaban J connectivity index is 0.00000289. The summed E-state index contributed by atoms with van der Waals surface area (Å²) in [4.78, 5) is 0. The van der Waals surface area contributed by atoms with Gasteiger partial charge >= 0.3 is 0 Å². The Hall–Kier alpha value is -0.710. The molecule has 1 aromatic rings. The molecule has 0 unspecified atom stereocenters. The molecule has 0 aliphatic heterocycles. The fraction of sp³-hybridized carbons (Fsp3) is 0.538. The van der Waals surface area contributed by atoms with Crippen LogP contribution in [0.5, 0.6) is 0 Å². The minimum atomic E-state index is -1.22. The average molecular weight is 280 g/mol. The zero-order chi connectivity index (χ0) is 13.2. The highest BCUT2D eigenvalue weighted by molar-refractivity contribution is 5.85. The van der Waals surface area contributed by atoms with Crippen LogP contribution in [0.4, 0.5) is 8.78 Å². The molecule has 0 aromatic heterocycles. The first-order chi connectivity index (χ1) is 7.73. The first-order valence-electron chi connectivity index (χ1n) is 5.61. The molecule has 0 radical (unpaired) electrons. The van der Waals surface area contributed by atoms with Gasteiger partial charge in [0.15, 0.2) is 0 Å². The largest absolute Gasteiger partial charge is 0.388 e. The Labute approximate surface area is 113 Å². The van der Waals surface area contributed by atoms with Crippen molar-refractivity contribution in [3.8, 4) is 0 Å². The zero-order valence-electron chi connectivity index (χ0n) is 10.8. The minimum Gasteiger partial charge on any atom is -0.388 e. The van der Waals surface area contributed by atoms with Gasteiger partial charge in [0.05, 0.1) is 11.7 Å². The number of hydrogen-bond donors (Lipinski definition) is 2. The Morgan fingerprint density at radius 3 is 2.06 bits per heavy atom. The predicted octanol–water partition coefficient (Wildman–Crippen LogP) is 3.18. The fourth-order valence-corrected chi connectivity index (χ4v) is 1.54. The van der Waals surface area contributed by atoms with Gasteiger partial charge in [0.25, 0.3) is 0 Å². The summed E-state index contributed by atoms with van der Waals surface area (Å²) in [6, 6.07) is 3.19. The van der Waals surface area contributed by atoms with Crippen molar-refractivity contribution >= 4 is 12.4 Å². The summed E-state index contributed by atoms with van der Waals surface area (Å²) < 4.78 is 26.8. The average Bonchev–Trinajstić information content (AvgIpc) is 2.15. The Morgan fingerprint density at radius 2 is 1.67 bits per heavy atom. The number of benzene rings is 1. The van der Waals surface area contributed by atoms with Crippen LogP contribution in [-0.4, -0.2) is 11.1 Å². The van der Waals surface area contributed by atoms with Crippen molar-refractivity contribution in [2.45, 2.75) is 39.3 Å². The van der Waals surface area contributed by atoms with Crippen molar-refractivity contribution in [2.24, 2.45) is 11.1 Å². The maximum atomic E-state index is 13.4. The number of aliphatic hydroxyl groups excluding tert-OH is 1. The van der Waals surface area contributed by atoms with E-state index < -0.39 is 17.7 Å². The van der Waals surface area contributed by atoms with E-state index >= 15 is 0 Å². The molecule has 0 heterocycles. The van der Waals surface area contributed by atoms with Gasteiger partial charge in [-0.25, -0.2) is 8.78 Å². The summed E-state index contributed by atoms with van der Waals surface area (Å²) in [5.41, 5.74) is 5.37. The van der Waals surface area contributed by atoms with Crippen LogP contribution in [-0.2, 0) is 0 Å². The van der Waals surface area contributed by atoms with Crippen molar-refractivity contribution in [1.82, 2.24) is 0 Å². The quantitative estimate of drug-likeness (QED) is 0.893. The molecule has 18 heavy (non-hydrogen) atoms. The number of rotatable bonds is 3. The van der Waals surface area contributed by atoms with Crippen LogP contribution in [0.15, 0.2) is 18.2 Å². The lowest BCUT2D eigenvalue weighted by atomic mass is 9.83. The van der Waals surface area contributed by atoms with Crippen molar-refractivity contribution < 1.29 is 13.9 Å². The topological polar surface area (TPSA) is 46.2 Å². The molecule has 1 aromatic carbocycles. The maximum Gasteiger partial charge on any atom is 0.131 e. The molecule has 0 saturated heterocycles. The van der Waals surface area contributed by atoms with Crippen molar-refractivity contribution in [1.29, 1.82) is 0 Å². The summed E-state index contributed by atoms with van der Waals surface area (Å²) in [7, 11) is 0. The lowest BCUT2D eigenvalue weighted by Crippen LogP contribution is -2.36. The van der Waals surface area contributed by atoms with E-state index in [2.05, 4.69) is 0 Å².